The molecule has 7 N–H and O–H groups in total. The summed E-state index contributed by atoms with van der Waals surface area (Å²) in [7, 11) is 0. The van der Waals surface area contributed by atoms with Gasteiger partial charge in [0.1, 0.15) is 18.4 Å². The van der Waals surface area contributed by atoms with Gasteiger partial charge in [-0.2, -0.15) is 0 Å². The van der Waals surface area contributed by atoms with Crippen molar-refractivity contribution in [3.05, 3.63) is 0 Å². The van der Waals surface area contributed by atoms with Crippen molar-refractivity contribution in [3.63, 3.8) is 0 Å². The van der Waals surface area contributed by atoms with Crippen LogP contribution in [0.3, 0.4) is 0 Å². The van der Waals surface area contributed by atoms with Gasteiger partial charge in [-0.15, -0.1) is 0 Å². The molecule has 11 nitrogen and oxygen atoms in total. The molecule has 0 aromatic heterocycles. The van der Waals surface area contributed by atoms with Gasteiger partial charge in [0.15, 0.2) is 0 Å². The zero-order valence-corrected chi connectivity index (χ0v) is 12.8. The average Bonchev–Trinajstić information content (AvgIpc) is 2.53. The minimum absolute atomic E-state index is 0.165. The maximum absolute atomic E-state index is 12.0. The molecule has 0 aromatic carbocycles. The highest BCUT2D eigenvalue weighted by Gasteiger charge is 2.26. The first-order valence-corrected chi connectivity index (χ1v) is 7.07. The summed E-state index contributed by atoms with van der Waals surface area (Å²) in [5.41, 5.74) is 5.50. The first-order valence-electron chi connectivity index (χ1n) is 7.07. The van der Waals surface area contributed by atoms with E-state index in [1.165, 1.54) is 0 Å². The molecular weight excluding hydrogens is 326 g/mol. The van der Waals surface area contributed by atoms with Crippen molar-refractivity contribution in [2.45, 2.75) is 43.8 Å². The van der Waals surface area contributed by atoms with E-state index in [-0.39, 0.29) is 25.5 Å². The first kappa shape index (κ1) is 21.5. The molecule has 24 heavy (non-hydrogen) atoms. The molecule has 0 spiro atoms. The molecule has 0 radical (unpaired) electrons. The monoisotopic (exact) mass is 347 g/mol. The van der Waals surface area contributed by atoms with Crippen LogP contribution in [0.4, 0.5) is 0 Å². The number of carbonyl (C=O) groups is 5. The number of hydrogen-bond donors (Lipinski definition) is 6. The van der Waals surface area contributed by atoms with Gasteiger partial charge >= 0.3 is 11.9 Å². The Kier molecular flexibility index (Phi) is 9.91. The standard InChI is InChI=1S/C13H21N3O8/c14-8(1-3-10(19)20)12(23)16-9(2-4-11(21)22)13(24)15-7(5-17)6-18/h5,7-9,18H,1-4,6,14H2,(H,15,24)(H,16,23)(H,19,20)(H,21,22)/t7-,8+,9+/m1/s1. The van der Waals surface area contributed by atoms with Gasteiger partial charge in [0.25, 0.3) is 0 Å². The van der Waals surface area contributed by atoms with Crippen molar-refractivity contribution in [1.29, 1.82) is 0 Å². The quantitative estimate of drug-likeness (QED) is 0.202. The second kappa shape index (κ2) is 11.1. The van der Waals surface area contributed by atoms with Crippen LogP contribution in [0.1, 0.15) is 25.7 Å². The predicted molar refractivity (Wildman–Crippen MR) is 78.7 cm³/mol. The number of nitrogens with two attached hydrogens (primary N) is 1. The number of aliphatic hydroxyl groups excluding tert-OH is 1. The number of aliphatic hydroxyl groups is 1. The lowest BCUT2D eigenvalue weighted by Crippen LogP contribution is -2.54. The van der Waals surface area contributed by atoms with Crippen molar-refractivity contribution in [1.82, 2.24) is 10.6 Å². The smallest absolute Gasteiger partial charge is 0.303 e. The summed E-state index contributed by atoms with van der Waals surface area (Å²) >= 11 is 0. The van der Waals surface area contributed by atoms with Gasteiger partial charge in [-0.1, -0.05) is 0 Å². The van der Waals surface area contributed by atoms with E-state index in [4.69, 9.17) is 21.1 Å². The van der Waals surface area contributed by atoms with Crippen molar-refractivity contribution >= 4 is 30.0 Å². The van der Waals surface area contributed by atoms with Crippen molar-refractivity contribution in [2.24, 2.45) is 5.73 Å². The minimum atomic E-state index is -1.29. The van der Waals surface area contributed by atoms with Crippen LogP contribution in [0.25, 0.3) is 0 Å². The Morgan fingerprint density at radius 3 is 1.96 bits per heavy atom. The zero-order chi connectivity index (χ0) is 18.7. The number of carboxylic acid groups (broad SMARTS) is 2. The number of carbonyl (C=O) groups excluding carboxylic acids is 3. The molecule has 0 saturated heterocycles. The van der Waals surface area contributed by atoms with Crippen LogP contribution < -0.4 is 16.4 Å². The summed E-state index contributed by atoms with van der Waals surface area (Å²) in [6.07, 6.45) is -0.934. The SMILES string of the molecule is N[C@@H](CCC(=O)O)C(=O)N[C@@H](CCC(=O)O)C(=O)N[C@H](C=O)CO. The van der Waals surface area contributed by atoms with Gasteiger partial charge in [0.05, 0.1) is 12.6 Å². The van der Waals surface area contributed by atoms with Crippen molar-refractivity contribution in [3.8, 4) is 0 Å². The lowest BCUT2D eigenvalue weighted by atomic mass is 10.1. The molecule has 2 amide bonds. The third kappa shape index (κ3) is 8.80. The zero-order valence-electron chi connectivity index (χ0n) is 12.8. The van der Waals surface area contributed by atoms with Gasteiger partial charge in [0.2, 0.25) is 11.8 Å². The van der Waals surface area contributed by atoms with E-state index in [2.05, 4.69) is 10.6 Å². The van der Waals surface area contributed by atoms with Crippen LogP contribution in [0.15, 0.2) is 0 Å². The molecule has 11 heteroatoms. The van der Waals surface area contributed by atoms with Crippen molar-refractivity contribution in [2.75, 3.05) is 6.61 Å². The maximum Gasteiger partial charge on any atom is 0.303 e. The van der Waals surface area contributed by atoms with Crippen LogP contribution in [0.2, 0.25) is 0 Å². The number of amides is 2. The highest BCUT2D eigenvalue weighted by molar-refractivity contribution is 5.91. The lowest BCUT2D eigenvalue weighted by Gasteiger charge is -2.21. The van der Waals surface area contributed by atoms with E-state index in [0.29, 0.717) is 0 Å². The van der Waals surface area contributed by atoms with Crippen molar-refractivity contribution < 1.29 is 39.3 Å². The number of nitrogens with one attached hydrogen (secondary N) is 2. The normalized spacial score (nSPS) is 14.1. The Balaban J connectivity index is 4.83. The summed E-state index contributed by atoms with van der Waals surface area (Å²) in [5, 5.41) is 30.4. The topological polar surface area (TPSA) is 196 Å². The summed E-state index contributed by atoms with van der Waals surface area (Å²) in [6.45, 7) is -0.660. The molecule has 0 saturated carbocycles. The Hall–Kier alpha value is -2.53. The Bertz CT molecular complexity index is 482. The summed E-state index contributed by atoms with van der Waals surface area (Å²) in [4.78, 5) is 55.5. The second-order valence-electron chi connectivity index (χ2n) is 4.97. The van der Waals surface area contributed by atoms with Gasteiger partial charge in [-0.25, -0.2) is 0 Å². The fourth-order valence-electron chi connectivity index (χ4n) is 1.63. The number of carboxylic acids is 2. The molecule has 0 bridgehead atoms. The third-order valence-corrected chi connectivity index (χ3v) is 2.97. The van der Waals surface area contributed by atoms with E-state index in [9.17, 15) is 24.0 Å². The largest absolute Gasteiger partial charge is 0.481 e. The molecule has 3 atom stereocenters. The highest BCUT2D eigenvalue weighted by atomic mass is 16.4. The number of rotatable bonds is 12. The average molecular weight is 347 g/mol. The van der Waals surface area contributed by atoms with Gasteiger partial charge in [-0.3, -0.25) is 19.2 Å². The Morgan fingerprint density at radius 1 is 0.958 bits per heavy atom. The van der Waals surface area contributed by atoms with E-state index < -0.39 is 54.9 Å². The maximum atomic E-state index is 12.0. The molecule has 0 aliphatic heterocycles. The summed E-state index contributed by atoms with van der Waals surface area (Å²) < 4.78 is 0. The van der Waals surface area contributed by atoms with Crippen LogP contribution in [0.5, 0.6) is 0 Å². The third-order valence-electron chi connectivity index (χ3n) is 2.97. The van der Waals surface area contributed by atoms with E-state index in [1.807, 2.05) is 0 Å². The molecule has 0 aliphatic carbocycles. The first-order chi connectivity index (χ1) is 11.2. The number of aliphatic carboxylic acids is 2. The molecule has 0 rings (SSSR count). The molecule has 0 aliphatic rings. The fraction of sp³-hybridized carbons (Fsp3) is 0.615. The Morgan fingerprint density at radius 2 is 1.50 bits per heavy atom. The predicted octanol–water partition coefficient (Wildman–Crippen LogP) is -2.80. The van der Waals surface area contributed by atoms with Gasteiger partial charge in [0, 0.05) is 12.8 Å². The molecule has 0 aromatic rings. The van der Waals surface area contributed by atoms with Gasteiger partial charge < -0.3 is 36.5 Å². The fourth-order valence-corrected chi connectivity index (χ4v) is 1.63. The highest BCUT2D eigenvalue weighted by Crippen LogP contribution is 2.02. The summed E-state index contributed by atoms with van der Waals surface area (Å²) in [6, 6.07) is -3.68. The number of hydrogen-bond acceptors (Lipinski definition) is 7. The molecule has 136 valence electrons. The van der Waals surface area contributed by atoms with Crippen LogP contribution in [-0.2, 0) is 24.0 Å². The van der Waals surface area contributed by atoms with E-state index in [0.717, 1.165) is 0 Å². The van der Waals surface area contributed by atoms with E-state index in [1.54, 1.807) is 0 Å². The Labute approximate surface area is 137 Å². The minimum Gasteiger partial charge on any atom is -0.481 e. The van der Waals surface area contributed by atoms with Crippen LogP contribution in [-0.4, -0.2) is 70.1 Å². The van der Waals surface area contributed by atoms with Crippen LogP contribution >= 0.6 is 0 Å². The summed E-state index contributed by atoms with van der Waals surface area (Å²) in [5.74, 6) is -4.03. The van der Waals surface area contributed by atoms with E-state index >= 15 is 0 Å². The molecule has 0 unspecified atom stereocenters. The lowest BCUT2D eigenvalue weighted by molar-refractivity contribution is -0.139. The number of aldehydes is 1. The van der Waals surface area contributed by atoms with Gasteiger partial charge in [-0.05, 0) is 12.8 Å². The molecular formula is C13H21N3O8. The van der Waals surface area contributed by atoms with Crippen LogP contribution in [0, 0.1) is 0 Å². The second-order valence-corrected chi connectivity index (χ2v) is 4.97. The molecule has 0 heterocycles. The molecule has 0 fully saturated rings.